The maximum absolute atomic E-state index is 14.3. The first-order chi connectivity index (χ1) is 20.2. The number of ether oxygens (including phenoxy) is 2. The van der Waals surface area contributed by atoms with Crippen molar-refractivity contribution in [3.05, 3.63) is 41.5 Å². The van der Waals surface area contributed by atoms with E-state index in [0.717, 1.165) is 79.6 Å². The number of ketones is 1. The number of unbranched alkanes of at least 4 members (excludes halogenated alkanes) is 3. The molecule has 0 spiro atoms. The molecule has 7 nitrogen and oxygen atoms in total. The highest BCUT2D eigenvalue weighted by molar-refractivity contribution is 7.99. The Balaban J connectivity index is 2.11. The van der Waals surface area contributed by atoms with Gasteiger partial charge in [-0.05, 0) is 62.4 Å². The van der Waals surface area contributed by atoms with Crippen molar-refractivity contribution in [3.63, 3.8) is 0 Å². The molecule has 1 saturated heterocycles. The molecule has 0 radical (unpaired) electrons. The number of amides is 1. The summed E-state index contributed by atoms with van der Waals surface area (Å²) < 4.78 is 11.3. The highest BCUT2D eigenvalue weighted by atomic mass is 32.2. The number of β-lactam (4-membered cyclic amide) rings is 1. The number of carbonyl (C=O) groups excluding carboxylic acids is 3. The Hall–Kier alpha value is -2.02. The average Bonchev–Trinajstić information content (AvgIpc) is 3.54. The van der Waals surface area contributed by atoms with Gasteiger partial charge >= 0.3 is 5.97 Å². The first-order valence-corrected chi connectivity index (χ1v) is 19.1. The highest BCUT2D eigenvalue weighted by Crippen LogP contribution is 2.54. The minimum atomic E-state index is -2.15. The topological polar surface area (TPSA) is 93.1 Å². The molecule has 2 heterocycles. The van der Waals surface area contributed by atoms with E-state index < -0.39 is 30.9 Å². The number of hydrogen-bond donors (Lipinski definition) is 1. The van der Waals surface area contributed by atoms with Gasteiger partial charge in [-0.1, -0.05) is 65.1 Å². The summed E-state index contributed by atoms with van der Waals surface area (Å²) in [5.41, 5.74) is 2.11. The van der Waals surface area contributed by atoms with Crippen molar-refractivity contribution < 1.29 is 29.0 Å². The van der Waals surface area contributed by atoms with Gasteiger partial charge in [0.1, 0.15) is 17.8 Å². The van der Waals surface area contributed by atoms with Gasteiger partial charge < -0.3 is 19.5 Å². The summed E-state index contributed by atoms with van der Waals surface area (Å²) >= 11 is 1.70. The predicted octanol–water partition coefficient (Wildman–Crippen LogP) is 6.13. The third kappa shape index (κ3) is 8.33. The molecule has 2 aliphatic heterocycles. The van der Waals surface area contributed by atoms with Crippen LogP contribution in [-0.2, 0) is 25.7 Å². The molecule has 9 heteroatoms. The summed E-state index contributed by atoms with van der Waals surface area (Å²) in [5.74, 6) is 0.774. The molecule has 0 bridgehead atoms. The van der Waals surface area contributed by atoms with Crippen LogP contribution in [0.25, 0.3) is 0 Å². The molecule has 3 atom stereocenters. The number of Topliss-reactive ketones (excluding diaryl/α,β-unsaturated/α-hetero) is 1. The van der Waals surface area contributed by atoms with E-state index in [1.54, 1.807) is 30.7 Å². The minimum absolute atomic E-state index is 0.00120. The number of aliphatic hydroxyl groups is 1. The molecule has 1 aromatic rings. The number of benzene rings is 1. The molecule has 1 aromatic carbocycles. The van der Waals surface area contributed by atoms with Crippen molar-refractivity contribution in [3.8, 4) is 5.75 Å². The Morgan fingerprint density at radius 2 is 1.64 bits per heavy atom. The molecule has 2 aliphatic rings. The highest BCUT2D eigenvalue weighted by Gasteiger charge is 2.54. The number of hydrogen-bond acceptors (Lipinski definition) is 7. The second kappa shape index (κ2) is 16.7. The van der Waals surface area contributed by atoms with Crippen LogP contribution >= 0.6 is 18.6 Å². The largest absolute Gasteiger partial charge is 0.497 e. The van der Waals surface area contributed by atoms with Gasteiger partial charge in [-0.2, -0.15) is 11.8 Å². The van der Waals surface area contributed by atoms with Crippen LogP contribution in [0, 0.1) is 5.92 Å². The smallest absolute Gasteiger partial charge is 0.355 e. The van der Waals surface area contributed by atoms with E-state index in [-0.39, 0.29) is 24.7 Å². The summed E-state index contributed by atoms with van der Waals surface area (Å²) in [4.78, 5) is 43.2. The summed E-state index contributed by atoms with van der Waals surface area (Å²) in [6.07, 6.45) is 9.66. The second-order valence-electron chi connectivity index (χ2n) is 11.5. The SMILES string of the molecule is CCCCP(CCCC)(CCCC)=C(C(=O)OCc1ccc(OC)cc1)N1C(=O)[C@H]([C@@H](C)O)[C@H]1CC(=O)C1=CCSC1. The molecular formula is C33H50NO6PS. The Morgan fingerprint density at radius 1 is 1.05 bits per heavy atom. The van der Waals surface area contributed by atoms with Gasteiger partial charge in [0.2, 0.25) is 5.91 Å². The van der Waals surface area contributed by atoms with Gasteiger partial charge in [0.25, 0.3) is 0 Å². The summed E-state index contributed by atoms with van der Waals surface area (Å²) in [7, 11) is 1.61. The van der Waals surface area contributed by atoms with Crippen LogP contribution in [0.4, 0.5) is 0 Å². The van der Waals surface area contributed by atoms with Crippen LogP contribution in [0.5, 0.6) is 5.75 Å². The zero-order chi connectivity index (χ0) is 30.7. The molecule has 42 heavy (non-hydrogen) atoms. The molecular weight excluding hydrogens is 569 g/mol. The van der Waals surface area contributed by atoms with Crippen molar-refractivity contribution in [2.24, 2.45) is 5.92 Å². The first kappa shape index (κ1) is 34.5. The number of esters is 1. The van der Waals surface area contributed by atoms with Crippen molar-refractivity contribution in [1.29, 1.82) is 0 Å². The molecule has 1 N–H and O–H groups in total. The standard InChI is InChI=1S/C33H50NO6PS/c1-6-9-17-41(18-10-7-2,19-11-8-3)32(33(38)40-22-25-12-14-27(39-5)15-13-25)34-28(30(24(4)35)31(34)37)21-29(36)26-16-20-42-23-26/h12-16,24,28,30,35H,6-11,17-23H2,1-5H3/t24-,28-,30-/m1/s1. The Labute approximate surface area is 256 Å². The molecule has 234 valence electrons. The molecule has 0 saturated carbocycles. The maximum atomic E-state index is 14.3. The first-order valence-electron chi connectivity index (χ1n) is 15.6. The third-order valence-corrected chi connectivity index (χ3v) is 14.2. The van der Waals surface area contributed by atoms with Crippen LogP contribution in [-0.4, -0.2) is 82.3 Å². The summed E-state index contributed by atoms with van der Waals surface area (Å²) in [6, 6.07) is 6.85. The second-order valence-corrected chi connectivity index (χ2v) is 16.6. The Kier molecular flexibility index (Phi) is 13.7. The molecule has 0 unspecified atom stereocenters. The Bertz CT molecular complexity index is 1130. The van der Waals surface area contributed by atoms with Crippen molar-refractivity contribution in [2.75, 3.05) is 37.1 Å². The van der Waals surface area contributed by atoms with Gasteiger partial charge in [-0.15, -0.1) is 0 Å². The number of rotatable bonds is 18. The minimum Gasteiger partial charge on any atom is -0.497 e. The van der Waals surface area contributed by atoms with Crippen LogP contribution in [0.3, 0.4) is 0 Å². The lowest BCUT2D eigenvalue weighted by molar-refractivity contribution is -0.158. The van der Waals surface area contributed by atoms with Crippen LogP contribution < -0.4 is 4.74 Å². The third-order valence-electron chi connectivity index (χ3n) is 8.45. The molecule has 1 fully saturated rings. The van der Waals surface area contributed by atoms with Crippen LogP contribution in [0.15, 0.2) is 35.9 Å². The predicted molar refractivity (Wildman–Crippen MR) is 175 cm³/mol. The zero-order valence-electron chi connectivity index (χ0n) is 26.1. The number of carbonyl (C=O) groups is 3. The van der Waals surface area contributed by atoms with Crippen molar-refractivity contribution in [1.82, 2.24) is 4.90 Å². The zero-order valence-corrected chi connectivity index (χ0v) is 27.8. The van der Waals surface area contributed by atoms with E-state index in [9.17, 15) is 19.5 Å². The fourth-order valence-electron chi connectivity index (χ4n) is 5.97. The van der Waals surface area contributed by atoms with E-state index in [1.165, 1.54) is 0 Å². The van der Waals surface area contributed by atoms with E-state index in [1.807, 2.05) is 30.3 Å². The molecule has 0 aliphatic carbocycles. The number of nitrogens with zero attached hydrogens (tertiary/aromatic N) is 1. The van der Waals surface area contributed by atoms with E-state index in [0.29, 0.717) is 11.2 Å². The van der Waals surface area contributed by atoms with Gasteiger partial charge in [0.15, 0.2) is 5.78 Å². The van der Waals surface area contributed by atoms with Crippen LogP contribution in [0.2, 0.25) is 0 Å². The van der Waals surface area contributed by atoms with Gasteiger partial charge in [0, 0.05) is 23.5 Å². The fourth-order valence-corrected chi connectivity index (χ4v) is 12.1. The summed E-state index contributed by atoms with van der Waals surface area (Å²) in [5, 5.41) is 10.6. The maximum Gasteiger partial charge on any atom is 0.355 e. The Morgan fingerprint density at radius 3 is 2.12 bits per heavy atom. The van der Waals surface area contributed by atoms with E-state index in [2.05, 4.69) is 20.8 Å². The van der Waals surface area contributed by atoms with E-state index >= 15 is 0 Å². The number of aliphatic hydroxyl groups excluding tert-OH is 1. The number of thioether (sulfide) groups is 1. The molecule has 1 amide bonds. The normalized spacial score (nSPS) is 19.2. The van der Waals surface area contributed by atoms with Crippen molar-refractivity contribution >= 4 is 41.7 Å². The number of methoxy groups -OCH3 is 1. The average molecular weight is 620 g/mol. The lowest BCUT2D eigenvalue weighted by Gasteiger charge is -2.50. The van der Waals surface area contributed by atoms with Crippen LogP contribution in [0.1, 0.15) is 78.2 Å². The van der Waals surface area contributed by atoms with Gasteiger partial charge in [0.05, 0.1) is 25.2 Å². The van der Waals surface area contributed by atoms with Crippen molar-refractivity contribution in [2.45, 2.75) is 91.4 Å². The fraction of sp³-hybridized carbons (Fsp3) is 0.636. The van der Waals surface area contributed by atoms with E-state index in [4.69, 9.17) is 9.47 Å². The number of likely N-dealkylation sites (tertiary alicyclic amines) is 1. The lowest BCUT2D eigenvalue weighted by atomic mass is 9.79. The monoisotopic (exact) mass is 619 g/mol. The quantitative estimate of drug-likeness (QED) is 0.120. The molecule has 3 rings (SSSR count). The molecule has 0 aromatic heterocycles. The lowest BCUT2D eigenvalue weighted by Crippen LogP contribution is -2.68. The van der Waals surface area contributed by atoms with Gasteiger partial charge in [-0.3, -0.25) is 9.59 Å². The summed E-state index contributed by atoms with van der Waals surface area (Å²) in [6.45, 7) is 6.00. The van der Waals surface area contributed by atoms with Gasteiger partial charge in [-0.25, -0.2) is 4.79 Å².